The summed E-state index contributed by atoms with van der Waals surface area (Å²) < 4.78 is 0. The molecule has 2 aliphatic rings. The first-order chi connectivity index (χ1) is 6.18. The molecule has 0 aliphatic heterocycles. The Morgan fingerprint density at radius 3 is 2.23 bits per heavy atom. The van der Waals surface area contributed by atoms with Gasteiger partial charge in [-0.15, -0.1) is 0 Å². The lowest BCUT2D eigenvalue weighted by Crippen LogP contribution is -2.39. The number of fused-ring (bicyclic) bond motifs is 1. The van der Waals surface area contributed by atoms with Crippen molar-refractivity contribution in [3.8, 4) is 0 Å². The molecule has 2 nitrogen and oxygen atoms in total. The summed E-state index contributed by atoms with van der Waals surface area (Å²) in [4.78, 5) is 2.19. The highest BCUT2D eigenvalue weighted by atomic mass is 16.3. The molecule has 2 fully saturated rings. The van der Waals surface area contributed by atoms with Gasteiger partial charge in [-0.2, -0.15) is 0 Å². The molecular weight excluding hydrogens is 162 g/mol. The number of rotatable bonds is 1. The third-order valence-electron chi connectivity index (χ3n) is 3.84. The predicted molar refractivity (Wildman–Crippen MR) is 53.5 cm³/mol. The van der Waals surface area contributed by atoms with E-state index in [0.717, 1.165) is 18.3 Å². The summed E-state index contributed by atoms with van der Waals surface area (Å²) in [6.45, 7) is 0. The Labute approximate surface area is 80.9 Å². The zero-order valence-electron chi connectivity index (χ0n) is 8.74. The van der Waals surface area contributed by atoms with E-state index in [2.05, 4.69) is 19.0 Å². The number of aliphatic hydroxyl groups is 1. The van der Waals surface area contributed by atoms with Crippen LogP contribution >= 0.6 is 0 Å². The summed E-state index contributed by atoms with van der Waals surface area (Å²) in [6, 6.07) is 0.404. The molecule has 2 saturated carbocycles. The topological polar surface area (TPSA) is 23.5 Å². The quantitative estimate of drug-likeness (QED) is 0.665. The van der Waals surface area contributed by atoms with Crippen molar-refractivity contribution in [2.24, 2.45) is 11.8 Å². The third kappa shape index (κ3) is 2.05. The maximum absolute atomic E-state index is 9.94. The molecule has 1 N–H and O–H groups in total. The van der Waals surface area contributed by atoms with Gasteiger partial charge in [0, 0.05) is 6.04 Å². The van der Waals surface area contributed by atoms with E-state index in [1.54, 1.807) is 0 Å². The van der Waals surface area contributed by atoms with Crippen LogP contribution in [0.15, 0.2) is 0 Å². The van der Waals surface area contributed by atoms with Crippen LogP contribution in [-0.4, -0.2) is 36.2 Å². The number of nitrogens with zero attached hydrogens (tertiary/aromatic N) is 1. The van der Waals surface area contributed by atoms with E-state index in [1.165, 1.54) is 25.7 Å². The molecular formula is C11H21NO. The van der Waals surface area contributed by atoms with Gasteiger partial charge in [0.05, 0.1) is 6.10 Å². The van der Waals surface area contributed by atoms with E-state index in [4.69, 9.17) is 0 Å². The SMILES string of the molecule is CN(C)[C@@H]1CC[C@@H]2C[C@@H]2CC[C@H]1O. The number of likely N-dealkylation sites (N-methyl/N-ethyl adjacent to an activating group) is 1. The lowest BCUT2D eigenvalue weighted by Gasteiger charge is -2.30. The van der Waals surface area contributed by atoms with Crippen molar-refractivity contribution in [3.63, 3.8) is 0 Å². The van der Waals surface area contributed by atoms with Crippen LogP contribution in [0.3, 0.4) is 0 Å². The average molecular weight is 183 g/mol. The first kappa shape index (κ1) is 9.47. The first-order valence-electron chi connectivity index (χ1n) is 5.53. The molecule has 0 heterocycles. The number of hydrogen-bond acceptors (Lipinski definition) is 2. The van der Waals surface area contributed by atoms with Gasteiger partial charge in [0.15, 0.2) is 0 Å². The predicted octanol–water partition coefficient (Wildman–Crippen LogP) is 1.49. The van der Waals surface area contributed by atoms with E-state index < -0.39 is 0 Å². The van der Waals surface area contributed by atoms with Crippen LogP contribution in [0.25, 0.3) is 0 Å². The smallest absolute Gasteiger partial charge is 0.0695 e. The fourth-order valence-electron chi connectivity index (χ4n) is 2.77. The minimum atomic E-state index is -0.0865. The standard InChI is InChI=1S/C11H21NO/c1-12(2)10-5-3-8-7-9(8)4-6-11(10)13/h8-11,13H,3-7H2,1-2H3/t8-,9+,10-,11-/m1/s1. The van der Waals surface area contributed by atoms with Crippen molar-refractivity contribution in [2.45, 2.75) is 44.2 Å². The lowest BCUT2D eigenvalue weighted by molar-refractivity contribution is 0.0548. The molecule has 2 aliphatic carbocycles. The van der Waals surface area contributed by atoms with Crippen LogP contribution in [0.2, 0.25) is 0 Å². The Balaban J connectivity index is 1.93. The van der Waals surface area contributed by atoms with Crippen LogP contribution in [0.1, 0.15) is 32.1 Å². The molecule has 0 amide bonds. The Kier molecular flexibility index (Phi) is 2.61. The second kappa shape index (κ2) is 3.58. The Morgan fingerprint density at radius 1 is 1.00 bits per heavy atom. The van der Waals surface area contributed by atoms with Gasteiger partial charge in [-0.1, -0.05) is 0 Å². The van der Waals surface area contributed by atoms with E-state index in [0.29, 0.717) is 6.04 Å². The lowest BCUT2D eigenvalue weighted by atomic mass is 9.94. The molecule has 0 aromatic carbocycles. The monoisotopic (exact) mass is 183 g/mol. The number of aliphatic hydroxyl groups excluding tert-OH is 1. The van der Waals surface area contributed by atoms with Gasteiger partial charge in [0.1, 0.15) is 0 Å². The highest BCUT2D eigenvalue weighted by molar-refractivity contribution is 4.91. The van der Waals surface area contributed by atoms with E-state index in [-0.39, 0.29) is 6.10 Å². The molecule has 0 aromatic heterocycles. The largest absolute Gasteiger partial charge is 0.391 e. The van der Waals surface area contributed by atoms with Crippen LogP contribution in [-0.2, 0) is 0 Å². The summed E-state index contributed by atoms with van der Waals surface area (Å²) in [5.74, 6) is 1.98. The van der Waals surface area contributed by atoms with Crippen molar-refractivity contribution in [2.75, 3.05) is 14.1 Å². The van der Waals surface area contributed by atoms with Crippen molar-refractivity contribution < 1.29 is 5.11 Å². The van der Waals surface area contributed by atoms with Crippen LogP contribution in [0, 0.1) is 11.8 Å². The Bertz CT molecular complexity index is 181. The Morgan fingerprint density at radius 2 is 1.62 bits per heavy atom. The zero-order valence-corrected chi connectivity index (χ0v) is 8.74. The van der Waals surface area contributed by atoms with Gasteiger partial charge in [-0.25, -0.2) is 0 Å². The maximum atomic E-state index is 9.94. The van der Waals surface area contributed by atoms with Crippen LogP contribution in [0.5, 0.6) is 0 Å². The first-order valence-corrected chi connectivity index (χ1v) is 5.53. The molecule has 0 saturated heterocycles. The second-order valence-electron chi connectivity index (χ2n) is 5.01. The van der Waals surface area contributed by atoms with E-state index >= 15 is 0 Å². The summed E-state index contributed by atoms with van der Waals surface area (Å²) in [7, 11) is 4.17. The van der Waals surface area contributed by atoms with Gasteiger partial charge in [-0.05, 0) is 58.0 Å². The normalized spacial score (nSPS) is 45.2. The molecule has 0 aromatic rings. The third-order valence-corrected chi connectivity index (χ3v) is 3.84. The van der Waals surface area contributed by atoms with Crippen LogP contribution < -0.4 is 0 Å². The van der Waals surface area contributed by atoms with Crippen molar-refractivity contribution in [3.05, 3.63) is 0 Å². The molecule has 2 heteroatoms. The molecule has 0 spiro atoms. The summed E-state index contributed by atoms with van der Waals surface area (Å²) in [5.41, 5.74) is 0. The summed E-state index contributed by atoms with van der Waals surface area (Å²) in [6.07, 6.45) is 6.16. The zero-order chi connectivity index (χ0) is 9.42. The van der Waals surface area contributed by atoms with E-state index in [9.17, 15) is 5.11 Å². The van der Waals surface area contributed by atoms with Gasteiger partial charge in [-0.3, -0.25) is 0 Å². The molecule has 76 valence electrons. The van der Waals surface area contributed by atoms with E-state index in [1.807, 2.05) is 0 Å². The average Bonchev–Trinajstić information content (AvgIpc) is 2.76. The van der Waals surface area contributed by atoms with Gasteiger partial charge in [0.2, 0.25) is 0 Å². The van der Waals surface area contributed by atoms with Crippen molar-refractivity contribution in [1.82, 2.24) is 4.90 Å². The van der Waals surface area contributed by atoms with Crippen molar-refractivity contribution >= 4 is 0 Å². The highest BCUT2D eigenvalue weighted by Gasteiger charge is 2.39. The minimum Gasteiger partial charge on any atom is -0.391 e. The van der Waals surface area contributed by atoms with Gasteiger partial charge >= 0.3 is 0 Å². The summed E-state index contributed by atoms with van der Waals surface area (Å²) in [5, 5.41) is 9.94. The minimum absolute atomic E-state index is 0.0865. The molecule has 2 rings (SSSR count). The fraction of sp³-hybridized carbons (Fsp3) is 1.00. The fourth-order valence-corrected chi connectivity index (χ4v) is 2.77. The molecule has 0 bridgehead atoms. The van der Waals surface area contributed by atoms with Gasteiger partial charge in [0.25, 0.3) is 0 Å². The molecule has 4 atom stereocenters. The molecule has 0 unspecified atom stereocenters. The molecule has 13 heavy (non-hydrogen) atoms. The van der Waals surface area contributed by atoms with Crippen LogP contribution in [0.4, 0.5) is 0 Å². The highest BCUT2D eigenvalue weighted by Crippen LogP contribution is 2.47. The second-order valence-corrected chi connectivity index (χ2v) is 5.01. The van der Waals surface area contributed by atoms with Crippen molar-refractivity contribution in [1.29, 1.82) is 0 Å². The Hall–Kier alpha value is -0.0800. The number of hydrogen-bond donors (Lipinski definition) is 1. The molecule has 0 radical (unpaired) electrons. The maximum Gasteiger partial charge on any atom is 0.0695 e. The summed E-state index contributed by atoms with van der Waals surface area (Å²) >= 11 is 0. The van der Waals surface area contributed by atoms with Gasteiger partial charge < -0.3 is 10.0 Å².